The second-order valence-corrected chi connectivity index (χ2v) is 3.09. The van der Waals surface area contributed by atoms with Crippen LogP contribution in [0.15, 0.2) is 30.3 Å². The van der Waals surface area contributed by atoms with Gasteiger partial charge in [0.25, 0.3) is 5.78 Å². The molecule has 0 amide bonds. The molecule has 0 saturated heterocycles. The molecule has 0 aliphatic heterocycles. The van der Waals surface area contributed by atoms with E-state index in [-0.39, 0.29) is 5.69 Å². The smallest absolute Gasteiger partial charge is 0.380 e. The van der Waals surface area contributed by atoms with E-state index in [1.807, 2.05) is 24.3 Å². The van der Waals surface area contributed by atoms with Gasteiger partial charge in [-0.2, -0.15) is 0 Å². The van der Waals surface area contributed by atoms with Gasteiger partial charge in [0.2, 0.25) is 0 Å². The SMILES string of the molecule is COC(=O)C(=O)c1cc2ccccc2[nH]1. The van der Waals surface area contributed by atoms with Gasteiger partial charge in [-0.05, 0) is 12.1 Å². The third kappa shape index (κ3) is 1.61. The molecule has 15 heavy (non-hydrogen) atoms. The maximum Gasteiger partial charge on any atom is 0.380 e. The summed E-state index contributed by atoms with van der Waals surface area (Å²) in [4.78, 5) is 25.3. The molecule has 0 unspecified atom stereocenters. The number of hydrogen-bond donors (Lipinski definition) is 1. The summed E-state index contributed by atoms with van der Waals surface area (Å²) < 4.78 is 4.35. The van der Waals surface area contributed by atoms with Crippen molar-refractivity contribution >= 4 is 22.7 Å². The number of nitrogens with one attached hydrogen (secondary N) is 1. The molecule has 2 rings (SSSR count). The van der Waals surface area contributed by atoms with E-state index in [4.69, 9.17) is 0 Å². The predicted molar refractivity (Wildman–Crippen MR) is 54.6 cm³/mol. The van der Waals surface area contributed by atoms with Crippen molar-refractivity contribution in [3.8, 4) is 0 Å². The minimum atomic E-state index is -0.860. The minimum Gasteiger partial charge on any atom is -0.463 e. The summed E-state index contributed by atoms with van der Waals surface area (Å²) in [5.74, 6) is -1.52. The van der Waals surface area contributed by atoms with E-state index >= 15 is 0 Å². The number of ether oxygens (including phenoxy) is 1. The van der Waals surface area contributed by atoms with Crippen LogP contribution in [-0.2, 0) is 9.53 Å². The van der Waals surface area contributed by atoms with E-state index in [0.717, 1.165) is 10.9 Å². The van der Waals surface area contributed by atoms with Crippen LogP contribution in [0, 0.1) is 0 Å². The highest BCUT2D eigenvalue weighted by atomic mass is 16.5. The molecule has 0 saturated carbocycles. The lowest BCUT2D eigenvalue weighted by molar-refractivity contribution is -0.135. The van der Waals surface area contributed by atoms with E-state index in [1.54, 1.807) is 6.07 Å². The highest BCUT2D eigenvalue weighted by Gasteiger charge is 2.18. The van der Waals surface area contributed by atoms with Crippen LogP contribution in [0.5, 0.6) is 0 Å². The van der Waals surface area contributed by atoms with Gasteiger partial charge < -0.3 is 9.72 Å². The number of fused-ring (bicyclic) bond motifs is 1. The quantitative estimate of drug-likeness (QED) is 0.457. The first-order chi connectivity index (χ1) is 7.22. The summed E-state index contributed by atoms with van der Waals surface area (Å²) in [7, 11) is 1.18. The number of rotatable bonds is 2. The molecule has 1 aromatic carbocycles. The summed E-state index contributed by atoms with van der Waals surface area (Å²) in [6, 6.07) is 9.05. The van der Waals surface area contributed by atoms with Crippen molar-refractivity contribution in [3.05, 3.63) is 36.0 Å². The van der Waals surface area contributed by atoms with Crippen LogP contribution in [0.2, 0.25) is 0 Å². The number of carbonyl (C=O) groups excluding carboxylic acids is 2. The highest BCUT2D eigenvalue weighted by Crippen LogP contribution is 2.15. The molecule has 0 bridgehead atoms. The zero-order valence-electron chi connectivity index (χ0n) is 8.11. The number of para-hydroxylation sites is 1. The molecular formula is C11H9NO3. The zero-order chi connectivity index (χ0) is 10.8. The lowest BCUT2D eigenvalue weighted by atomic mass is 10.2. The van der Waals surface area contributed by atoms with Crippen LogP contribution in [0.4, 0.5) is 0 Å². The number of methoxy groups -OCH3 is 1. The Morgan fingerprint density at radius 2 is 2.00 bits per heavy atom. The molecule has 2 aromatic rings. The summed E-state index contributed by atoms with van der Waals surface area (Å²) in [5.41, 5.74) is 1.08. The lowest BCUT2D eigenvalue weighted by Crippen LogP contribution is -2.15. The number of benzene rings is 1. The van der Waals surface area contributed by atoms with Gasteiger partial charge in [0.05, 0.1) is 12.8 Å². The van der Waals surface area contributed by atoms with Crippen molar-refractivity contribution in [1.82, 2.24) is 4.98 Å². The number of Topliss-reactive ketones (excluding diaryl/α,β-unsaturated/α-hetero) is 1. The molecular weight excluding hydrogens is 194 g/mol. The Bertz CT molecular complexity index is 494. The standard InChI is InChI=1S/C11H9NO3/c1-15-11(14)10(13)9-6-7-4-2-3-5-8(7)12-9/h2-6,12H,1H3. The van der Waals surface area contributed by atoms with Gasteiger partial charge >= 0.3 is 5.97 Å². The fourth-order valence-corrected chi connectivity index (χ4v) is 1.40. The van der Waals surface area contributed by atoms with Gasteiger partial charge in [0.1, 0.15) is 0 Å². The van der Waals surface area contributed by atoms with Crippen molar-refractivity contribution in [1.29, 1.82) is 0 Å². The first kappa shape index (κ1) is 9.45. The van der Waals surface area contributed by atoms with E-state index in [1.165, 1.54) is 7.11 Å². The number of hydrogen-bond acceptors (Lipinski definition) is 3. The van der Waals surface area contributed by atoms with Crippen LogP contribution in [-0.4, -0.2) is 23.8 Å². The van der Waals surface area contributed by atoms with Gasteiger partial charge in [-0.25, -0.2) is 4.79 Å². The van der Waals surface area contributed by atoms with Crippen molar-refractivity contribution in [2.24, 2.45) is 0 Å². The molecule has 0 atom stereocenters. The maximum absolute atomic E-state index is 11.4. The number of aromatic nitrogens is 1. The normalized spacial score (nSPS) is 10.2. The second-order valence-electron chi connectivity index (χ2n) is 3.09. The Labute approximate surface area is 85.9 Å². The van der Waals surface area contributed by atoms with Crippen molar-refractivity contribution in [3.63, 3.8) is 0 Å². The van der Waals surface area contributed by atoms with Crippen molar-refractivity contribution < 1.29 is 14.3 Å². The number of H-pyrrole nitrogens is 1. The van der Waals surface area contributed by atoms with Crippen LogP contribution >= 0.6 is 0 Å². The molecule has 4 nitrogen and oxygen atoms in total. The summed E-state index contributed by atoms with van der Waals surface area (Å²) in [6.45, 7) is 0. The molecule has 1 heterocycles. The maximum atomic E-state index is 11.4. The topological polar surface area (TPSA) is 59.2 Å². The molecule has 0 radical (unpaired) electrons. The summed E-state index contributed by atoms with van der Waals surface area (Å²) in [5, 5.41) is 0.893. The number of esters is 1. The van der Waals surface area contributed by atoms with Crippen molar-refractivity contribution in [2.45, 2.75) is 0 Å². The van der Waals surface area contributed by atoms with E-state index in [0.29, 0.717) is 0 Å². The van der Waals surface area contributed by atoms with Crippen LogP contribution < -0.4 is 0 Å². The molecule has 0 spiro atoms. The molecule has 0 aliphatic carbocycles. The minimum absolute atomic E-state index is 0.253. The summed E-state index contributed by atoms with van der Waals surface area (Å²) >= 11 is 0. The fourth-order valence-electron chi connectivity index (χ4n) is 1.40. The fraction of sp³-hybridized carbons (Fsp3) is 0.0909. The first-order valence-electron chi connectivity index (χ1n) is 4.43. The number of aromatic amines is 1. The molecule has 76 valence electrons. The number of ketones is 1. The van der Waals surface area contributed by atoms with E-state index in [9.17, 15) is 9.59 Å². The number of carbonyl (C=O) groups is 2. The second kappa shape index (κ2) is 3.57. The zero-order valence-corrected chi connectivity index (χ0v) is 8.11. The van der Waals surface area contributed by atoms with Crippen LogP contribution in [0.25, 0.3) is 10.9 Å². The Hall–Kier alpha value is -2.10. The van der Waals surface area contributed by atoms with Gasteiger partial charge in [-0.3, -0.25) is 4.79 Å². The average molecular weight is 203 g/mol. The first-order valence-corrected chi connectivity index (χ1v) is 4.43. The summed E-state index contributed by atoms with van der Waals surface area (Å²) in [6.07, 6.45) is 0. The lowest BCUT2D eigenvalue weighted by Gasteiger charge is -1.93. The molecule has 0 aliphatic rings. The Kier molecular flexibility index (Phi) is 2.25. The Morgan fingerprint density at radius 1 is 1.27 bits per heavy atom. The average Bonchev–Trinajstić information content (AvgIpc) is 2.70. The monoisotopic (exact) mass is 203 g/mol. The van der Waals surface area contributed by atoms with E-state index in [2.05, 4.69) is 9.72 Å². The van der Waals surface area contributed by atoms with Gasteiger partial charge in [0.15, 0.2) is 0 Å². The molecule has 1 N–H and O–H groups in total. The van der Waals surface area contributed by atoms with Gasteiger partial charge in [-0.15, -0.1) is 0 Å². The van der Waals surface area contributed by atoms with Gasteiger partial charge in [0, 0.05) is 10.9 Å². The predicted octanol–water partition coefficient (Wildman–Crippen LogP) is 1.52. The largest absolute Gasteiger partial charge is 0.463 e. The Balaban J connectivity index is 2.45. The van der Waals surface area contributed by atoms with Gasteiger partial charge in [-0.1, -0.05) is 18.2 Å². The van der Waals surface area contributed by atoms with Crippen LogP contribution in [0.3, 0.4) is 0 Å². The third-order valence-electron chi connectivity index (χ3n) is 2.15. The molecule has 0 fully saturated rings. The van der Waals surface area contributed by atoms with Crippen molar-refractivity contribution in [2.75, 3.05) is 7.11 Å². The van der Waals surface area contributed by atoms with Crippen LogP contribution in [0.1, 0.15) is 10.5 Å². The molecule has 1 aromatic heterocycles. The third-order valence-corrected chi connectivity index (χ3v) is 2.15. The highest BCUT2D eigenvalue weighted by molar-refractivity contribution is 6.40. The molecule has 4 heteroatoms. The van der Waals surface area contributed by atoms with E-state index < -0.39 is 11.8 Å². The Morgan fingerprint density at radius 3 is 2.67 bits per heavy atom.